The molecule has 1 nitrogen and oxygen atoms in total. The summed E-state index contributed by atoms with van der Waals surface area (Å²) in [4.78, 5) is 11.7. The van der Waals surface area contributed by atoms with E-state index in [9.17, 15) is 4.79 Å². The Labute approximate surface area is 112 Å². The van der Waals surface area contributed by atoms with Crippen molar-refractivity contribution in [2.75, 3.05) is 0 Å². The Balaban J connectivity index is 2.09. The maximum absolute atomic E-state index is 11.8. The van der Waals surface area contributed by atoms with Crippen LogP contribution in [0.1, 0.15) is 60.9 Å². The van der Waals surface area contributed by atoms with Gasteiger partial charge in [-0.25, -0.2) is 0 Å². The Hall–Kier alpha value is -0.630. The normalized spacial score (nSPS) is 18.9. The summed E-state index contributed by atoms with van der Waals surface area (Å²) >= 11 is 3.32. The van der Waals surface area contributed by atoms with Crippen LogP contribution in [0.3, 0.4) is 0 Å². The van der Waals surface area contributed by atoms with Crippen molar-refractivity contribution in [3.8, 4) is 0 Å². The summed E-state index contributed by atoms with van der Waals surface area (Å²) in [6.07, 6.45) is 6.70. The monoisotopic (exact) mass is 294 g/mol. The van der Waals surface area contributed by atoms with Crippen molar-refractivity contribution in [3.05, 3.63) is 35.4 Å². The molecule has 0 spiro atoms. The van der Waals surface area contributed by atoms with E-state index in [2.05, 4.69) is 28.1 Å². The van der Waals surface area contributed by atoms with Gasteiger partial charge in [0.05, 0.1) is 4.83 Å². The van der Waals surface area contributed by atoms with Crippen molar-refractivity contribution in [3.63, 3.8) is 0 Å². The average Bonchev–Trinajstić information content (AvgIpc) is 2.39. The third-order valence-corrected chi connectivity index (χ3v) is 4.05. The van der Waals surface area contributed by atoms with Gasteiger partial charge in [0, 0.05) is 5.56 Å². The molecule has 1 aromatic rings. The molecule has 2 heteroatoms. The van der Waals surface area contributed by atoms with E-state index >= 15 is 0 Å². The van der Waals surface area contributed by atoms with Crippen molar-refractivity contribution in [1.29, 1.82) is 0 Å². The predicted octanol–water partition coefficient (Wildman–Crippen LogP) is 4.70. The highest BCUT2D eigenvalue weighted by Crippen LogP contribution is 2.32. The summed E-state index contributed by atoms with van der Waals surface area (Å²) in [5.41, 5.74) is 2.22. The zero-order valence-electron chi connectivity index (χ0n) is 10.3. The highest BCUT2D eigenvalue weighted by Gasteiger charge is 2.16. The van der Waals surface area contributed by atoms with Crippen LogP contribution in [0.25, 0.3) is 0 Å². The van der Waals surface area contributed by atoms with E-state index in [-0.39, 0.29) is 10.6 Å². The molecule has 1 aliphatic rings. The van der Waals surface area contributed by atoms with E-state index in [0.717, 1.165) is 5.56 Å². The van der Waals surface area contributed by atoms with Crippen LogP contribution in [0.2, 0.25) is 0 Å². The van der Waals surface area contributed by atoms with Gasteiger partial charge in [0.2, 0.25) is 0 Å². The van der Waals surface area contributed by atoms with Crippen LogP contribution in [-0.4, -0.2) is 10.6 Å². The van der Waals surface area contributed by atoms with Gasteiger partial charge in [-0.15, -0.1) is 0 Å². The fraction of sp³-hybridized carbons (Fsp3) is 0.533. The molecule has 0 aromatic heterocycles. The number of rotatable bonds is 3. The van der Waals surface area contributed by atoms with Crippen LogP contribution in [0.15, 0.2) is 24.3 Å². The Morgan fingerprint density at radius 3 is 2.29 bits per heavy atom. The molecule has 2 rings (SSSR count). The van der Waals surface area contributed by atoms with Gasteiger partial charge in [-0.2, -0.15) is 0 Å². The number of carbonyl (C=O) groups excluding carboxylic acids is 1. The third-order valence-electron chi connectivity index (χ3n) is 3.63. The largest absolute Gasteiger partial charge is 0.293 e. The first-order valence-electron chi connectivity index (χ1n) is 6.46. The first-order valence-corrected chi connectivity index (χ1v) is 7.38. The summed E-state index contributed by atoms with van der Waals surface area (Å²) in [5.74, 6) is 0.884. The Morgan fingerprint density at radius 1 is 1.18 bits per heavy atom. The molecule has 92 valence electrons. The maximum Gasteiger partial charge on any atom is 0.176 e. The molecule has 0 aliphatic heterocycles. The number of Topliss-reactive ketones (excluding diaryl/α,β-unsaturated/α-hetero) is 1. The van der Waals surface area contributed by atoms with E-state index in [1.165, 1.54) is 37.7 Å². The SMILES string of the molecule is CC(Br)C(=O)c1ccc(C2CCCCC2)cc1. The van der Waals surface area contributed by atoms with Crippen molar-refractivity contribution >= 4 is 21.7 Å². The Morgan fingerprint density at radius 2 is 1.76 bits per heavy atom. The second-order valence-electron chi connectivity index (χ2n) is 4.94. The molecular weight excluding hydrogens is 276 g/mol. The van der Waals surface area contributed by atoms with Crippen molar-refractivity contribution in [2.24, 2.45) is 0 Å². The molecule has 0 radical (unpaired) electrons. The standard InChI is InChI=1S/C15H19BrO/c1-11(16)15(17)14-9-7-13(8-10-14)12-5-3-2-4-6-12/h7-12H,2-6H2,1H3. The number of hydrogen-bond donors (Lipinski definition) is 0. The summed E-state index contributed by atoms with van der Waals surface area (Å²) in [6, 6.07) is 8.23. The minimum atomic E-state index is -0.0944. The summed E-state index contributed by atoms with van der Waals surface area (Å²) in [7, 11) is 0. The molecule has 0 saturated heterocycles. The Bertz CT molecular complexity index is 374. The number of halogens is 1. The average molecular weight is 295 g/mol. The van der Waals surface area contributed by atoms with Crippen LogP contribution in [0.4, 0.5) is 0 Å². The van der Waals surface area contributed by atoms with Crippen LogP contribution in [0.5, 0.6) is 0 Å². The zero-order chi connectivity index (χ0) is 12.3. The summed E-state index contributed by atoms with van der Waals surface area (Å²) in [5, 5.41) is 0. The van der Waals surface area contributed by atoms with Crippen LogP contribution < -0.4 is 0 Å². The molecule has 1 aliphatic carbocycles. The third kappa shape index (κ3) is 3.19. The number of benzene rings is 1. The molecule has 1 unspecified atom stereocenters. The molecule has 1 fully saturated rings. The summed E-state index contributed by atoms with van der Waals surface area (Å²) in [6.45, 7) is 1.87. The lowest BCUT2D eigenvalue weighted by atomic mass is 9.84. The minimum Gasteiger partial charge on any atom is -0.293 e. The van der Waals surface area contributed by atoms with Gasteiger partial charge < -0.3 is 0 Å². The first kappa shape index (κ1) is 12.8. The molecule has 0 heterocycles. The van der Waals surface area contributed by atoms with Crippen LogP contribution >= 0.6 is 15.9 Å². The Kier molecular flexibility index (Phi) is 4.38. The van der Waals surface area contributed by atoms with Crippen molar-refractivity contribution in [1.82, 2.24) is 0 Å². The topological polar surface area (TPSA) is 17.1 Å². The van der Waals surface area contributed by atoms with Crippen molar-refractivity contribution < 1.29 is 4.79 Å². The second-order valence-corrected chi connectivity index (χ2v) is 6.31. The number of ketones is 1. The lowest BCUT2D eigenvalue weighted by Crippen LogP contribution is -2.10. The summed E-state index contributed by atoms with van der Waals surface area (Å²) < 4.78 is 0. The quantitative estimate of drug-likeness (QED) is 0.583. The van der Waals surface area contributed by atoms with Gasteiger partial charge in [0.25, 0.3) is 0 Å². The highest BCUT2D eigenvalue weighted by atomic mass is 79.9. The number of hydrogen-bond acceptors (Lipinski definition) is 1. The fourth-order valence-electron chi connectivity index (χ4n) is 2.59. The van der Waals surface area contributed by atoms with Gasteiger partial charge in [-0.05, 0) is 31.2 Å². The van der Waals surface area contributed by atoms with E-state index in [1.54, 1.807) is 0 Å². The van der Waals surface area contributed by atoms with Crippen LogP contribution in [-0.2, 0) is 0 Å². The lowest BCUT2D eigenvalue weighted by Gasteiger charge is -2.22. The zero-order valence-corrected chi connectivity index (χ0v) is 11.9. The molecule has 0 N–H and O–H groups in total. The van der Waals surface area contributed by atoms with E-state index < -0.39 is 0 Å². The number of alkyl halides is 1. The first-order chi connectivity index (χ1) is 8.18. The molecule has 1 saturated carbocycles. The second kappa shape index (κ2) is 5.81. The molecule has 17 heavy (non-hydrogen) atoms. The molecule has 1 aromatic carbocycles. The van der Waals surface area contributed by atoms with Crippen molar-refractivity contribution in [2.45, 2.75) is 49.8 Å². The van der Waals surface area contributed by atoms with E-state index in [0.29, 0.717) is 5.92 Å². The highest BCUT2D eigenvalue weighted by molar-refractivity contribution is 9.10. The van der Waals surface area contributed by atoms with Gasteiger partial charge in [-0.1, -0.05) is 59.5 Å². The van der Waals surface area contributed by atoms with Crippen LogP contribution in [0, 0.1) is 0 Å². The fourth-order valence-corrected chi connectivity index (χ4v) is 2.85. The van der Waals surface area contributed by atoms with E-state index in [4.69, 9.17) is 0 Å². The molecular formula is C15H19BrO. The van der Waals surface area contributed by atoms with Gasteiger partial charge >= 0.3 is 0 Å². The predicted molar refractivity (Wildman–Crippen MR) is 75.0 cm³/mol. The van der Waals surface area contributed by atoms with Gasteiger partial charge in [-0.3, -0.25) is 4.79 Å². The molecule has 0 amide bonds. The van der Waals surface area contributed by atoms with Gasteiger partial charge in [0.15, 0.2) is 5.78 Å². The smallest absolute Gasteiger partial charge is 0.176 e. The number of carbonyl (C=O) groups is 1. The molecule has 0 bridgehead atoms. The lowest BCUT2D eigenvalue weighted by molar-refractivity contribution is 0.0996. The maximum atomic E-state index is 11.8. The molecule has 1 atom stereocenters. The van der Waals surface area contributed by atoms with Gasteiger partial charge in [0.1, 0.15) is 0 Å². The van der Waals surface area contributed by atoms with E-state index in [1.807, 2.05) is 19.1 Å². The minimum absolute atomic E-state index is 0.0944.